The molecule has 1 aromatic carbocycles. The lowest BCUT2D eigenvalue weighted by Crippen LogP contribution is -2.20. The summed E-state index contributed by atoms with van der Waals surface area (Å²) in [7, 11) is 0. The smallest absolute Gasteiger partial charge is 0.226 e. The summed E-state index contributed by atoms with van der Waals surface area (Å²) in [4.78, 5) is 4.44. The van der Waals surface area contributed by atoms with Crippen LogP contribution in [0.2, 0.25) is 0 Å². The zero-order valence-electron chi connectivity index (χ0n) is 11.9. The van der Waals surface area contributed by atoms with Crippen molar-refractivity contribution in [1.29, 1.82) is 0 Å². The second kappa shape index (κ2) is 6.13. The Morgan fingerprint density at radius 3 is 2.55 bits per heavy atom. The van der Waals surface area contributed by atoms with E-state index in [1.165, 1.54) is 12.1 Å². The molecular weight excluding hydrogens is 257 g/mol. The van der Waals surface area contributed by atoms with Crippen LogP contribution in [-0.4, -0.2) is 16.7 Å². The first-order valence-corrected chi connectivity index (χ1v) is 6.83. The van der Waals surface area contributed by atoms with E-state index in [1.807, 2.05) is 13.8 Å². The number of hydrogen-bond donors (Lipinski definition) is 1. The normalized spacial score (nSPS) is 11.8. The summed E-state index contributed by atoms with van der Waals surface area (Å²) in [5, 5.41) is 4.05. The van der Waals surface area contributed by atoms with E-state index in [2.05, 4.69) is 10.1 Å². The first kappa shape index (κ1) is 14.7. The number of hydrogen-bond acceptors (Lipinski definition) is 4. The van der Waals surface area contributed by atoms with Crippen molar-refractivity contribution in [1.82, 2.24) is 10.1 Å². The van der Waals surface area contributed by atoms with Crippen LogP contribution in [0.4, 0.5) is 4.39 Å². The van der Waals surface area contributed by atoms with Gasteiger partial charge in [0.2, 0.25) is 5.89 Å². The van der Waals surface area contributed by atoms with Crippen LogP contribution < -0.4 is 5.73 Å². The lowest BCUT2D eigenvalue weighted by molar-refractivity contribution is 0.362. The number of aryl methyl sites for hydroxylation is 1. The fraction of sp³-hybridized carbons (Fsp3) is 0.467. The van der Waals surface area contributed by atoms with Crippen LogP contribution in [0, 0.1) is 5.82 Å². The van der Waals surface area contributed by atoms with Gasteiger partial charge in [0, 0.05) is 6.42 Å². The highest BCUT2D eigenvalue weighted by Crippen LogP contribution is 2.29. The quantitative estimate of drug-likeness (QED) is 0.825. The first-order chi connectivity index (χ1) is 9.54. The molecule has 2 rings (SSSR count). The van der Waals surface area contributed by atoms with E-state index in [0.29, 0.717) is 18.3 Å². The van der Waals surface area contributed by atoms with Crippen molar-refractivity contribution in [3.8, 4) is 0 Å². The van der Waals surface area contributed by atoms with E-state index in [-0.39, 0.29) is 5.82 Å². The van der Waals surface area contributed by atoms with E-state index >= 15 is 0 Å². The van der Waals surface area contributed by atoms with Crippen LogP contribution in [0.1, 0.15) is 44.0 Å². The second-order valence-corrected chi connectivity index (χ2v) is 5.39. The van der Waals surface area contributed by atoms with Gasteiger partial charge in [0.1, 0.15) is 5.82 Å². The molecule has 0 saturated heterocycles. The van der Waals surface area contributed by atoms with E-state index in [9.17, 15) is 4.39 Å². The Morgan fingerprint density at radius 1 is 1.20 bits per heavy atom. The van der Waals surface area contributed by atoms with E-state index < -0.39 is 5.41 Å². The number of nitrogens with zero attached hydrogens (tertiary/aromatic N) is 2. The number of aromatic nitrogens is 2. The lowest BCUT2D eigenvalue weighted by Gasteiger charge is -2.20. The minimum atomic E-state index is -0.413. The van der Waals surface area contributed by atoms with Crippen LogP contribution in [-0.2, 0) is 11.8 Å². The standard InChI is InChI=1S/C15H20FN3O/c1-15(2,11-6-8-12(16)9-7-11)14-18-13(20-19-14)5-3-4-10-17/h6-9H,3-5,10,17H2,1-2H3. The molecule has 2 aromatic rings. The van der Waals surface area contributed by atoms with Gasteiger partial charge in [0.05, 0.1) is 5.41 Å². The third-order valence-corrected chi connectivity index (χ3v) is 3.44. The fourth-order valence-electron chi connectivity index (χ4n) is 2.03. The Balaban J connectivity index is 2.15. The Labute approximate surface area is 118 Å². The van der Waals surface area contributed by atoms with Gasteiger partial charge in [-0.15, -0.1) is 0 Å². The van der Waals surface area contributed by atoms with Gasteiger partial charge in [0.25, 0.3) is 0 Å². The Morgan fingerprint density at radius 2 is 1.90 bits per heavy atom. The van der Waals surface area contributed by atoms with Crippen molar-refractivity contribution in [3.63, 3.8) is 0 Å². The minimum absolute atomic E-state index is 0.250. The molecule has 0 unspecified atom stereocenters. The van der Waals surface area contributed by atoms with Crippen LogP contribution in [0.5, 0.6) is 0 Å². The molecule has 0 radical (unpaired) electrons. The maximum atomic E-state index is 13.0. The van der Waals surface area contributed by atoms with Crippen molar-refractivity contribution >= 4 is 0 Å². The highest BCUT2D eigenvalue weighted by Gasteiger charge is 2.28. The van der Waals surface area contributed by atoms with Gasteiger partial charge in [-0.25, -0.2) is 4.39 Å². The Kier molecular flexibility index (Phi) is 4.49. The van der Waals surface area contributed by atoms with E-state index in [4.69, 9.17) is 10.3 Å². The monoisotopic (exact) mass is 277 g/mol. The largest absolute Gasteiger partial charge is 0.339 e. The predicted molar refractivity (Wildman–Crippen MR) is 74.8 cm³/mol. The average Bonchev–Trinajstić information content (AvgIpc) is 2.89. The second-order valence-electron chi connectivity index (χ2n) is 5.39. The van der Waals surface area contributed by atoms with Gasteiger partial charge >= 0.3 is 0 Å². The van der Waals surface area contributed by atoms with Crippen molar-refractivity contribution < 1.29 is 8.91 Å². The van der Waals surface area contributed by atoms with Crippen LogP contribution in [0.15, 0.2) is 28.8 Å². The van der Waals surface area contributed by atoms with Gasteiger partial charge in [-0.05, 0) is 50.9 Å². The summed E-state index contributed by atoms with van der Waals surface area (Å²) in [5.41, 5.74) is 6.00. The molecule has 0 aliphatic heterocycles. The van der Waals surface area contributed by atoms with Crippen molar-refractivity contribution in [2.75, 3.05) is 6.54 Å². The predicted octanol–water partition coefficient (Wildman–Crippen LogP) is 2.82. The zero-order chi connectivity index (χ0) is 14.6. The molecule has 0 bridgehead atoms. The Hall–Kier alpha value is -1.75. The van der Waals surface area contributed by atoms with Crippen LogP contribution in [0.25, 0.3) is 0 Å². The molecule has 0 atom stereocenters. The fourth-order valence-corrected chi connectivity index (χ4v) is 2.03. The molecule has 0 aliphatic rings. The number of halogens is 1. The third kappa shape index (κ3) is 3.22. The third-order valence-electron chi connectivity index (χ3n) is 3.44. The number of benzene rings is 1. The molecule has 20 heavy (non-hydrogen) atoms. The first-order valence-electron chi connectivity index (χ1n) is 6.83. The number of unbranched alkanes of at least 4 members (excludes halogenated alkanes) is 1. The average molecular weight is 277 g/mol. The molecule has 2 N–H and O–H groups in total. The van der Waals surface area contributed by atoms with Crippen LogP contribution >= 0.6 is 0 Å². The molecule has 0 aliphatic carbocycles. The highest BCUT2D eigenvalue weighted by molar-refractivity contribution is 5.30. The summed E-state index contributed by atoms with van der Waals surface area (Å²) < 4.78 is 18.3. The number of nitrogens with two attached hydrogens (primary N) is 1. The van der Waals surface area contributed by atoms with E-state index in [0.717, 1.165) is 24.8 Å². The van der Waals surface area contributed by atoms with Gasteiger partial charge in [0.15, 0.2) is 5.82 Å². The van der Waals surface area contributed by atoms with Gasteiger partial charge in [-0.2, -0.15) is 4.98 Å². The summed E-state index contributed by atoms with van der Waals surface area (Å²) >= 11 is 0. The van der Waals surface area contributed by atoms with Gasteiger partial charge < -0.3 is 10.3 Å². The van der Waals surface area contributed by atoms with E-state index in [1.54, 1.807) is 12.1 Å². The molecule has 0 spiro atoms. The molecule has 0 amide bonds. The summed E-state index contributed by atoms with van der Waals surface area (Å²) in [6, 6.07) is 6.39. The van der Waals surface area contributed by atoms with Crippen LogP contribution in [0.3, 0.4) is 0 Å². The summed E-state index contributed by atoms with van der Waals surface area (Å²) in [6.07, 6.45) is 2.62. The van der Waals surface area contributed by atoms with Gasteiger partial charge in [-0.3, -0.25) is 0 Å². The molecule has 5 heteroatoms. The summed E-state index contributed by atoms with van der Waals surface area (Å²) in [6.45, 7) is 4.66. The molecule has 1 aromatic heterocycles. The Bertz CT molecular complexity index is 549. The zero-order valence-corrected chi connectivity index (χ0v) is 11.9. The molecule has 1 heterocycles. The van der Waals surface area contributed by atoms with Crippen molar-refractivity contribution in [2.45, 2.75) is 38.5 Å². The number of rotatable bonds is 6. The lowest BCUT2D eigenvalue weighted by atomic mass is 9.84. The topological polar surface area (TPSA) is 64.9 Å². The molecular formula is C15H20FN3O. The maximum absolute atomic E-state index is 13.0. The SMILES string of the molecule is CC(C)(c1ccc(F)cc1)c1noc(CCCCN)n1. The van der Waals surface area contributed by atoms with Crippen molar-refractivity contribution in [2.24, 2.45) is 5.73 Å². The molecule has 4 nitrogen and oxygen atoms in total. The molecule has 0 fully saturated rings. The molecule has 0 saturated carbocycles. The maximum Gasteiger partial charge on any atom is 0.226 e. The summed E-state index contributed by atoms with van der Waals surface area (Å²) in [5.74, 6) is 0.996. The van der Waals surface area contributed by atoms with Crippen molar-refractivity contribution in [3.05, 3.63) is 47.4 Å². The highest BCUT2D eigenvalue weighted by atomic mass is 19.1. The minimum Gasteiger partial charge on any atom is -0.339 e. The van der Waals surface area contributed by atoms with Gasteiger partial charge in [-0.1, -0.05) is 17.3 Å². The molecule has 108 valence electrons.